The van der Waals surface area contributed by atoms with Crippen molar-refractivity contribution >= 4 is 5.78 Å². The van der Waals surface area contributed by atoms with E-state index in [9.17, 15) is 4.79 Å². The minimum Gasteiger partial charge on any atom is -0.378 e. The van der Waals surface area contributed by atoms with Crippen LogP contribution in [-0.2, 0) is 9.53 Å². The number of hydrogen-bond donors (Lipinski definition) is 0. The second-order valence-corrected chi connectivity index (χ2v) is 11.3. The fourth-order valence-electron chi connectivity index (χ4n) is 8.20. The summed E-state index contributed by atoms with van der Waals surface area (Å²) >= 11 is 0. The maximum absolute atomic E-state index is 12.1. The average Bonchev–Trinajstić information content (AvgIpc) is 3.01. The predicted molar refractivity (Wildman–Crippen MR) is 115 cm³/mol. The van der Waals surface area contributed by atoms with Crippen molar-refractivity contribution in [2.24, 2.45) is 34.5 Å². The summed E-state index contributed by atoms with van der Waals surface area (Å²) in [6, 6.07) is 0. The van der Waals surface area contributed by atoms with E-state index in [4.69, 9.17) is 4.74 Å². The van der Waals surface area contributed by atoms with E-state index in [-0.39, 0.29) is 0 Å². The molecule has 0 saturated heterocycles. The lowest BCUT2D eigenvalue weighted by Crippen LogP contribution is -2.54. The number of rotatable bonds is 7. The van der Waals surface area contributed by atoms with Crippen molar-refractivity contribution in [2.75, 3.05) is 6.61 Å². The lowest BCUT2D eigenvalue weighted by Gasteiger charge is -2.60. The number of ether oxygens (including phenoxy) is 1. The summed E-state index contributed by atoms with van der Waals surface area (Å²) in [5.74, 6) is 3.84. The number of ketones is 1. The molecule has 0 aliphatic heterocycles. The summed E-state index contributed by atoms with van der Waals surface area (Å²) in [6.45, 7) is 8.39. The molecule has 28 heavy (non-hydrogen) atoms. The van der Waals surface area contributed by atoms with Crippen LogP contribution in [0.4, 0.5) is 0 Å². The Morgan fingerprint density at radius 2 is 1.68 bits per heavy atom. The molecule has 4 aliphatic carbocycles. The van der Waals surface area contributed by atoms with Crippen LogP contribution in [0.25, 0.3) is 0 Å². The summed E-state index contributed by atoms with van der Waals surface area (Å²) in [5.41, 5.74) is 0.856. The van der Waals surface area contributed by atoms with Gasteiger partial charge in [-0.25, -0.2) is 0 Å². The largest absolute Gasteiger partial charge is 0.378 e. The van der Waals surface area contributed by atoms with Crippen LogP contribution in [0.5, 0.6) is 0 Å². The van der Waals surface area contributed by atoms with Crippen molar-refractivity contribution in [3.63, 3.8) is 0 Å². The molecule has 0 unspecified atom stereocenters. The topological polar surface area (TPSA) is 26.3 Å². The summed E-state index contributed by atoms with van der Waals surface area (Å²) in [7, 11) is 0. The van der Waals surface area contributed by atoms with Gasteiger partial charge in [-0.05, 0) is 85.9 Å². The van der Waals surface area contributed by atoms with E-state index < -0.39 is 0 Å². The molecule has 2 heteroatoms. The van der Waals surface area contributed by atoms with Gasteiger partial charge >= 0.3 is 0 Å². The highest BCUT2D eigenvalue weighted by atomic mass is 16.5. The van der Waals surface area contributed by atoms with Gasteiger partial charge in [-0.2, -0.15) is 0 Å². The molecule has 0 bridgehead atoms. The lowest BCUT2D eigenvalue weighted by atomic mass is 9.45. The Hall–Kier alpha value is -0.370. The summed E-state index contributed by atoms with van der Waals surface area (Å²) in [4.78, 5) is 12.1. The van der Waals surface area contributed by atoms with Gasteiger partial charge in [-0.15, -0.1) is 0 Å². The summed E-state index contributed by atoms with van der Waals surface area (Å²) < 4.78 is 6.54. The standard InChI is InChI=1S/C26H44O2/c1-4-5-6-7-8-17-28-24-12-11-22-21-10-9-19-18-20(27)13-15-25(19,2)23(21)14-16-26(22,24)3/h19,21-24H,4-18H2,1-3H3/t19-,21-,22-,23-,24-,25-,26-/m0/s1. The van der Waals surface area contributed by atoms with Crippen molar-refractivity contribution < 1.29 is 9.53 Å². The molecule has 2 nitrogen and oxygen atoms in total. The van der Waals surface area contributed by atoms with Crippen molar-refractivity contribution in [1.82, 2.24) is 0 Å². The molecule has 4 rings (SSSR count). The van der Waals surface area contributed by atoms with Crippen LogP contribution in [0.3, 0.4) is 0 Å². The molecule has 4 saturated carbocycles. The fourth-order valence-corrected chi connectivity index (χ4v) is 8.20. The molecular formula is C26H44O2. The van der Waals surface area contributed by atoms with Gasteiger partial charge in [0.1, 0.15) is 5.78 Å². The van der Waals surface area contributed by atoms with E-state index in [0.717, 1.165) is 37.2 Å². The van der Waals surface area contributed by atoms with Gasteiger partial charge in [0.2, 0.25) is 0 Å². The summed E-state index contributed by atoms with van der Waals surface area (Å²) in [6.07, 6.45) is 18.1. The first-order valence-corrected chi connectivity index (χ1v) is 12.6. The van der Waals surface area contributed by atoms with Gasteiger partial charge in [0, 0.05) is 19.4 Å². The molecule has 0 aromatic carbocycles. The van der Waals surface area contributed by atoms with Crippen LogP contribution < -0.4 is 0 Å². The quantitative estimate of drug-likeness (QED) is 0.441. The van der Waals surface area contributed by atoms with Crippen molar-refractivity contribution in [3.8, 4) is 0 Å². The van der Waals surface area contributed by atoms with E-state index in [1.807, 2.05) is 0 Å². The van der Waals surface area contributed by atoms with Crippen molar-refractivity contribution in [1.29, 1.82) is 0 Å². The van der Waals surface area contributed by atoms with Crippen molar-refractivity contribution in [3.05, 3.63) is 0 Å². The maximum Gasteiger partial charge on any atom is 0.133 e. The first-order valence-electron chi connectivity index (χ1n) is 12.6. The monoisotopic (exact) mass is 388 g/mol. The lowest BCUT2D eigenvalue weighted by molar-refractivity contribution is -0.145. The van der Waals surface area contributed by atoms with Gasteiger partial charge in [0.05, 0.1) is 6.10 Å². The normalized spacial score (nSPS) is 45.4. The van der Waals surface area contributed by atoms with E-state index in [1.54, 1.807) is 0 Å². The molecule has 0 aromatic rings. The van der Waals surface area contributed by atoms with Crippen LogP contribution in [-0.4, -0.2) is 18.5 Å². The Morgan fingerprint density at radius 3 is 2.50 bits per heavy atom. The van der Waals surface area contributed by atoms with Crippen LogP contribution >= 0.6 is 0 Å². The Kier molecular flexibility index (Phi) is 6.27. The van der Waals surface area contributed by atoms with Gasteiger partial charge in [-0.1, -0.05) is 46.5 Å². The molecule has 0 radical (unpaired) electrons. The SMILES string of the molecule is CCCCCCCO[C@H]1CC[C@H]2[C@@H]3CC[C@H]4CC(=O)CC[C@]4(C)[C@H]3CC[C@]12C. The Balaban J connectivity index is 1.37. The minimum absolute atomic E-state index is 0.415. The van der Waals surface area contributed by atoms with Gasteiger partial charge in [0.15, 0.2) is 0 Å². The van der Waals surface area contributed by atoms with E-state index in [1.165, 1.54) is 77.0 Å². The molecular weight excluding hydrogens is 344 g/mol. The molecule has 0 amide bonds. The van der Waals surface area contributed by atoms with E-state index >= 15 is 0 Å². The molecule has 0 aromatic heterocycles. The third kappa shape index (κ3) is 3.61. The third-order valence-electron chi connectivity index (χ3n) is 9.96. The highest BCUT2D eigenvalue weighted by Crippen LogP contribution is 2.66. The Morgan fingerprint density at radius 1 is 0.893 bits per heavy atom. The number of unbranched alkanes of at least 4 members (excludes halogenated alkanes) is 4. The fraction of sp³-hybridized carbons (Fsp3) is 0.962. The molecule has 4 aliphatic rings. The smallest absolute Gasteiger partial charge is 0.133 e. The zero-order valence-electron chi connectivity index (χ0n) is 18.8. The Labute approximate surface area is 173 Å². The highest BCUT2D eigenvalue weighted by molar-refractivity contribution is 5.79. The third-order valence-corrected chi connectivity index (χ3v) is 9.96. The molecule has 4 fully saturated rings. The first kappa shape index (κ1) is 20.9. The zero-order valence-corrected chi connectivity index (χ0v) is 18.8. The van der Waals surface area contributed by atoms with Crippen LogP contribution in [0.1, 0.15) is 111 Å². The molecule has 0 spiro atoms. The second-order valence-electron chi connectivity index (χ2n) is 11.3. The molecule has 0 N–H and O–H groups in total. The zero-order chi connectivity index (χ0) is 19.8. The molecule has 7 atom stereocenters. The van der Waals surface area contributed by atoms with Gasteiger partial charge in [-0.3, -0.25) is 4.79 Å². The second kappa shape index (κ2) is 8.40. The molecule has 160 valence electrons. The van der Waals surface area contributed by atoms with Crippen molar-refractivity contribution in [2.45, 2.75) is 117 Å². The number of carbonyl (C=O) groups is 1. The first-order chi connectivity index (χ1) is 13.5. The van der Waals surface area contributed by atoms with E-state index in [2.05, 4.69) is 20.8 Å². The highest BCUT2D eigenvalue weighted by Gasteiger charge is 2.60. The van der Waals surface area contributed by atoms with E-state index in [0.29, 0.717) is 28.6 Å². The van der Waals surface area contributed by atoms with Crippen LogP contribution in [0, 0.1) is 34.5 Å². The number of carbonyl (C=O) groups excluding carboxylic acids is 1. The predicted octanol–water partition coefficient (Wildman–Crippen LogP) is 6.95. The van der Waals surface area contributed by atoms with Gasteiger partial charge in [0.25, 0.3) is 0 Å². The minimum atomic E-state index is 0.415. The Bertz CT molecular complexity index is 557. The molecule has 0 heterocycles. The number of hydrogen-bond acceptors (Lipinski definition) is 2. The van der Waals surface area contributed by atoms with Gasteiger partial charge < -0.3 is 4.74 Å². The van der Waals surface area contributed by atoms with Crippen LogP contribution in [0.15, 0.2) is 0 Å². The average molecular weight is 389 g/mol. The van der Waals surface area contributed by atoms with Crippen LogP contribution in [0.2, 0.25) is 0 Å². The number of fused-ring (bicyclic) bond motifs is 5. The summed E-state index contributed by atoms with van der Waals surface area (Å²) in [5, 5.41) is 0. The maximum atomic E-state index is 12.1. The number of Topliss-reactive ketones (excluding diaryl/α,β-unsaturated/α-hetero) is 1.